The molecule has 0 saturated carbocycles. The number of benzene rings is 1. The summed E-state index contributed by atoms with van der Waals surface area (Å²) in [5, 5.41) is 12.5. The standard InChI is InChI=1S/C18H19BrClN5O3/c19-14-15(22-16(26)11-3-1-2-4-12(11)20)23-24-17(14)28-18(27)21-13-9-25-7-5-10(13)6-8-25/h1-4,10,13H,5-9H2,(H,21,27)(H2,22,23,24,26)/t13-/m1/s1. The number of anilines is 1. The molecule has 28 heavy (non-hydrogen) atoms. The van der Waals surface area contributed by atoms with Crippen molar-refractivity contribution in [1.82, 2.24) is 20.4 Å². The van der Waals surface area contributed by atoms with Crippen molar-refractivity contribution in [3.63, 3.8) is 0 Å². The van der Waals surface area contributed by atoms with Crippen molar-refractivity contribution in [1.29, 1.82) is 0 Å². The monoisotopic (exact) mass is 467 g/mol. The Morgan fingerprint density at radius 1 is 1.29 bits per heavy atom. The maximum atomic E-state index is 12.4. The third-order valence-electron chi connectivity index (χ3n) is 5.18. The van der Waals surface area contributed by atoms with Crippen molar-refractivity contribution < 1.29 is 14.3 Å². The van der Waals surface area contributed by atoms with E-state index in [2.05, 4.69) is 41.7 Å². The second-order valence-electron chi connectivity index (χ2n) is 6.93. The van der Waals surface area contributed by atoms with Crippen LogP contribution in [0.4, 0.5) is 10.6 Å². The Bertz CT molecular complexity index is 897. The molecule has 8 nitrogen and oxygen atoms in total. The summed E-state index contributed by atoms with van der Waals surface area (Å²) >= 11 is 9.34. The average molecular weight is 469 g/mol. The van der Waals surface area contributed by atoms with Crippen LogP contribution in [0.1, 0.15) is 23.2 Å². The van der Waals surface area contributed by atoms with Crippen molar-refractivity contribution in [2.75, 3.05) is 25.0 Å². The number of H-pyrrole nitrogens is 1. The molecule has 2 amide bonds. The Morgan fingerprint density at radius 2 is 2.04 bits per heavy atom. The van der Waals surface area contributed by atoms with Gasteiger partial charge in [0.05, 0.1) is 10.6 Å². The van der Waals surface area contributed by atoms with E-state index in [9.17, 15) is 9.59 Å². The summed E-state index contributed by atoms with van der Waals surface area (Å²) in [6, 6.07) is 6.79. The molecule has 3 aliphatic rings. The van der Waals surface area contributed by atoms with E-state index in [1.165, 1.54) is 0 Å². The van der Waals surface area contributed by atoms with E-state index in [1.807, 2.05) is 0 Å². The smallest absolute Gasteiger partial charge is 0.388 e. The van der Waals surface area contributed by atoms with Gasteiger partial charge in [-0.25, -0.2) is 4.79 Å². The number of aromatic amines is 1. The first-order valence-corrected chi connectivity index (χ1v) is 10.2. The van der Waals surface area contributed by atoms with Crippen molar-refractivity contribution in [2.24, 2.45) is 5.92 Å². The van der Waals surface area contributed by atoms with Crippen LogP contribution >= 0.6 is 27.5 Å². The number of aromatic nitrogens is 2. The van der Waals surface area contributed by atoms with Crippen LogP contribution in [0.5, 0.6) is 5.88 Å². The van der Waals surface area contributed by atoms with E-state index in [0.717, 1.165) is 32.5 Å². The molecular weight excluding hydrogens is 450 g/mol. The Morgan fingerprint density at radius 3 is 2.71 bits per heavy atom. The summed E-state index contributed by atoms with van der Waals surface area (Å²) < 4.78 is 5.66. The summed E-state index contributed by atoms with van der Waals surface area (Å²) in [5.74, 6) is 0.410. The van der Waals surface area contributed by atoms with Gasteiger partial charge in [0.25, 0.3) is 11.8 Å². The minimum absolute atomic E-state index is 0.0493. The van der Waals surface area contributed by atoms with Gasteiger partial charge in [0.1, 0.15) is 10.3 Å². The number of hydrogen-bond acceptors (Lipinski definition) is 5. The fraction of sp³-hybridized carbons (Fsp3) is 0.389. The molecule has 3 fully saturated rings. The van der Waals surface area contributed by atoms with Crippen LogP contribution in [-0.2, 0) is 0 Å². The molecule has 4 heterocycles. The highest BCUT2D eigenvalue weighted by Gasteiger charge is 2.35. The number of rotatable bonds is 4. The van der Waals surface area contributed by atoms with Gasteiger partial charge in [0.15, 0.2) is 0 Å². The quantitative estimate of drug-likeness (QED) is 0.640. The average Bonchev–Trinajstić information content (AvgIpc) is 3.02. The lowest BCUT2D eigenvalue weighted by atomic mass is 9.84. The lowest BCUT2D eigenvalue weighted by molar-refractivity contribution is 0.0723. The van der Waals surface area contributed by atoms with Gasteiger partial charge in [0.2, 0.25) is 0 Å². The van der Waals surface area contributed by atoms with Crippen molar-refractivity contribution in [3.8, 4) is 5.88 Å². The number of carbonyl (C=O) groups excluding carboxylic acids is 2. The zero-order valence-electron chi connectivity index (χ0n) is 14.9. The molecule has 148 valence electrons. The Hall–Kier alpha value is -2.10. The maximum absolute atomic E-state index is 12.4. The van der Waals surface area contributed by atoms with Crippen molar-refractivity contribution in [3.05, 3.63) is 39.3 Å². The normalized spacial score (nSPS) is 23.3. The highest BCUT2D eigenvalue weighted by molar-refractivity contribution is 9.10. The van der Waals surface area contributed by atoms with Crippen molar-refractivity contribution >= 4 is 45.3 Å². The van der Waals surface area contributed by atoms with Gasteiger partial charge in [-0.3, -0.25) is 9.89 Å². The molecule has 3 saturated heterocycles. The number of nitrogens with zero attached hydrogens (tertiary/aromatic N) is 2. The number of fused-ring (bicyclic) bond motifs is 3. The fourth-order valence-corrected chi connectivity index (χ4v) is 4.26. The molecule has 0 aliphatic carbocycles. The Balaban J connectivity index is 1.37. The fourth-order valence-electron chi connectivity index (χ4n) is 3.69. The molecule has 1 aromatic carbocycles. The van der Waals surface area contributed by atoms with Crippen LogP contribution in [0.25, 0.3) is 0 Å². The third kappa shape index (κ3) is 4.01. The summed E-state index contributed by atoms with van der Waals surface area (Å²) in [6.07, 6.45) is 1.62. The van der Waals surface area contributed by atoms with Crippen LogP contribution in [0, 0.1) is 5.92 Å². The zero-order chi connectivity index (χ0) is 19.7. The third-order valence-corrected chi connectivity index (χ3v) is 6.25. The zero-order valence-corrected chi connectivity index (χ0v) is 17.2. The van der Waals surface area contributed by atoms with Crippen LogP contribution in [-0.4, -0.2) is 52.8 Å². The van der Waals surface area contributed by atoms with Crippen LogP contribution in [0.2, 0.25) is 5.02 Å². The number of halogens is 2. The van der Waals surface area contributed by atoms with E-state index < -0.39 is 12.0 Å². The van der Waals surface area contributed by atoms with Gasteiger partial charge in [-0.05, 0) is 59.9 Å². The number of amides is 2. The van der Waals surface area contributed by atoms with Gasteiger partial charge < -0.3 is 20.3 Å². The van der Waals surface area contributed by atoms with E-state index in [4.69, 9.17) is 16.3 Å². The molecule has 1 atom stereocenters. The minimum Gasteiger partial charge on any atom is -0.388 e. The number of nitrogens with one attached hydrogen (secondary N) is 3. The molecule has 0 unspecified atom stereocenters. The van der Waals surface area contributed by atoms with Gasteiger partial charge >= 0.3 is 6.09 Å². The van der Waals surface area contributed by atoms with Crippen LogP contribution in [0.15, 0.2) is 28.7 Å². The molecule has 2 aromatic rings. The highest BCUT2D eigenvalue weighted by Crippen LogP contribution is 2.31. The number of carbonyl (C=O) groups is 2. The second kappa shape index (κ2) is 8.10. The van der Waals surface area contributed by atoms with E-state index in [-0.39, 0.29) is 17.7 Å². The van der Waals surface area contributed by atoms with Gasteiger partial charge in [-0.1, -0.05) is 23.7 Å². The summed E-state index contributed by atoms with van der Waals surface area (Å²) in [7, 11) is 0. The van der Waals surface area contributed by atoms with Crippen LogP contribution in [0.3, 0.4) is 0 Å². The first kappa shape index (κ1) is 19.2. The van der Waals surface area contributed by atoms with Gasteiger partial charge in [0, 0.05) is 12.6 Å². The molecule has 3 N–H and O–H groups in total. The molecule has 5 rings (SSSR count). The lowest BCUT2D eigenvalue weighted by Crippen LogP contribution is -2.57. The van der Waals surface area contributed by atoms with E-state index >= 15 is 0 Å². The van der Waals surface area contributed by atoms with E-state index in [0.29, 0.717) is 21.0 Å². The predicted octanol–water partition coefficient (Wildman–Crippen LogP) is 3.26. The molecule has 1 aromatic heterocycles. The number of ether oxygens (including phenoxy) is 1. The molecule has 0 radical (unpaired) electrons. The SMILES string of the molecule is O=C(N[C@@H]1CN2CCC1CC2)Oc1n[nH]c(NC(=O)c2ccccc2Cl)c1Br. The first-order valence-electron chi connectivity index (χ1n) is 9.01. The van der Waals surface area contributed by atoms with E-state index in [1.54, 1.807) is 24.3 Å². The topological polar surface area (TPSA) is 99.3 Å². The summed E-state index contributed by atoms with van der Waals surface area (Å²) in [6.45, 7) is 3.04. The maximum Gasteiger partial charge on any atom is 0.414 e. The van der Waals surface area contributed by atoms with Gasteiger partial charge in [-0.2, -0.15) is 0 Å². The highest BCUT2D eigenvalue weighted by atomic mass is 79.9. The molecule has 3 aliphatic heterocycles. The lowest BCUT2D eigenvalue weighted by Gasteiger charge is -2.44. The second-order valence-corrected chi connectivity index (χ2v) is 8.13. The Kier molecular flexibility index (Phi) is 5.56. The minimum atomic E-state index is -0.560. The Labute approximate surface area is 175 Å². The molecular formula is C18H19BrClN5O3. The summed E-state index contributed by atoms with van der Waals surface area (Å²) in [4.78, 5) is 27.0. The number of hydrogen-bond donors (Lipinski definition) is 3. The number of piperidine rings is 3. The first-order chi connectivity index (χ1) is 13.5. The summed E-state index contributed by atoms with van der Waals surface area (Å²) in [5.41, 5.74) is 0.327. The molecule has 0 spiro atoms. The van der Waals surface area contributed by atoms with Crippen molar-refractivity contribution in [2.45, 2.75) is 18.9 Å². The predicted molar refractivity (Wildman–Crippen MR) is 108 cm³/mol. The molecule has 2 bridgehead atoms. The largest absolute Gasteiger partial charge is 0.414 e. The van der Waals surface area contributed by atoms with Crippen LogP contribution < -0.4 is 15.4 Å². The molecule has 10 heteroatoms. The van der Waals surface area contributed by atoms with Gasteiger partial charge in [-0.15, -0.1) is 5.10 Å².